The Morgan fingerprint density at radius 2 is 1.40 bits per heavy atom. The van der Waals surface area contributed by atoms with Crippen molar-refractivity contribution in [3.63, 3.8) is 0 Å². The van der Waals surface area contributed by atoms with Gasteiger partial charge in [-0.3, -0.25) is 14.4 Å². The van der Waals surface area contributed by atoms with Crippen molar-refractivity contribution in [3.8, 4) is 0 Å². The summed E-state index contributed by atoms with van der Waals surface area (Å²) in [5.41, 5.74) is 2.69. The number of hydrogen-bond acceptors (Lipinski definition) is 5. The number of halogens is 1. The molecular weight excluding hydrogens is 674 g/mol. The summed E-state index contributed by atoms with van der Waals surface area (Å²) >= 11 is 5.50. The van der Waals surface area contributed by atoms with E-state index in [1.54, 1.807) is 38.6 Å². The van der Waals surface area contributed by atoms with E-state index in [0.717, 1.165) is 16.7 Å². The van der Waals surface area contributed by atoms with Crippen LogP contribution in [0.1, 0.15) is 29.2 Å². The second-order valence-electron chi connectivity index (χ2n) is 12.5. The number of nitrogens with zero attached hydrogens (tertiary/aromatic N) is 3. The van der Waals surface area contributed by atoms with Gasteiger partial charge in [0, 0.05) is 36.3 Å². The summed E-state index contributed by atoms with van der Waals surface area (Å²) in [6, 6.07) is 27.3. The third-order valence-electron chi connectivity index (χ3n) is 9.69. The fraction of sp³-hybridized carbons (Fsp3) is 0.342. The zero-order chi connectivity index (χ0) is 33.1. The summed E-state index contributed by atoms with van der Waals surface area (Å²) in [5, 5.41) is 10.7. The average Bonchev–Trinajstić information content (AvgIpc) is 3.69. The molecule has 1 N–H and O–H groups in total. The van der Waals surface area contributed by atoms with Crippen molar-refractivity contribution in [2.45, 2.75) is 46.4 Å². The number of amides is 3. The number of thioether (sulfide) groups is 1. The van der Waals surface area contributed by atoms with E-state index in [1.165, 1.54) is 0 Å². The van der Waals surface area contributed by atoms with Gasteiger partial charge in [-0.25, -0.2) is 0 Å². The monoisotopic (exact) mass is 713 g/mol. The second kappa shape index (κ2) is 14.2. The summed E-state index contributed by atoms with van der Waals surface area (Å²) in [4.78, 5) is 49.7. The molecule has 0 aliphatic carbocycles. The molecule has 3 unspecified atom stereocenters. The fourth-order valence-electron chi connectivity index (χ4n) is 7.76. The zero-order valence-electron chi connectivity index (χ0n) is 26.2. The van der Waals surface area contributed by atoms with Crippen LogP contribution in [0.25, 0.3) is 0 Å². The van der Waals surface area contributed by atoms with E-state index in [1.807, 2.05) is 91.0 Å². The van der Waals surface area contributed by atoms with Crippen LogP contribution in [0.4, 0.5) is 0 Å². The van der Waals surface area contributed by atoms with E-state index in [9.17, 15) is 19.5 Å². The summed E-state index contributed by atoms with van der Waals surface area (Å²) in [6.45, 7) is 8.84. The molecule has 9 heteroatoms. The van der Waals surface area contributed by atoms with E-state index in [2.05, 4.69) is 29.1 Å². The molecule has 2 bridgehead atoms. The van der Waals surface area contributed by atoms with Gasteiger partial charge in [-0.05, 0) is 23.1 Å². The summed E-state index contributed by atoms with van der Waals surface area (Å²) in [6.07, 6.45) is 3.97. The fourth-order valence-corrected chi connectivity index (χ4v) is 11.3. The molecule has 244 valence electrons. The zero-order valence-corrected chi connectivity index (χ0v) is 28.6. The number of likely N-dealkylation sites (tertiary alicyclic amines) is 1. The maximum Gasteiger partial charge on any atom is 0.247 e. The lowest BCUT2D eigenvalue weighted by Gasteiger charge is -2.40. The number of carbonyl (C=O) groups excluding carboxylic acids is 3. The molecule has 3 amide bonds. The van der Waals surface area contributed by atoms with Crippen molar-refractivity contribution in [2.75, 3.05) is 19.7 Å². The summed E-state index contributed by atoms with van der Waals surface area (Å²) in [5.74, 6) is -1.94. The third-order valence-corrected chi connectivity index (χ3v) is 12.9. The number of hydrogen-bond donors (Lipinski definition) is 1. The summed E-state index contributed by atoms with van der Waals surface area (Å²) < 4.78 is -0.863. The highest BCUT2D eigenvalue weighted by molar-refractivity contribution is 9.09. The molecule has 0 radical (unpaired) electrons. The van der Waals surface area contributed by atoms with Crippen LogP contribution >= 0.6 is 27.7 Å². The van der Waals surface area contributed by atoms with Crippen molar-refractivity contribution < 1.29 is 19.5 Å². The van der Waals surface area contributed by atoms with Crippen LogP contribution in [0.5, 0.6) is 0 Å². The third kappa shape index (κ3) is 6.09. The highest BCUT2D eigenvalue weighted by atomic mass is 79.9. The van der Waals surface area contributed by atoms with Gasteiger partial charge in [0.1, 0.15) is 6.04 Å². The molecular formula is C38H40BrN3O4S. The predicted octanol–water partition coefficient (Wildman–Crippen LogP) is 5.61. The highest BCUT2D eigenvalue weighted by Crippen LogP contribution is 2.68. The van der Waals surface area contributed by atoms with Gasteiger partial charge in [0.2, 0.25) is 17.7 Å². The lowest BCUT2D eigenvalue weighted by atomic mass is 9.70. The first-order valence-electron chi connectivity index (χ1n) is 16.0. The molecule has 3 aromatic rings. The Balaban J connectivity index is 1.44. The van der Waals surface area contributed by atoms with Gasteiger partial charge in [0.25, 0.3) is 0 Å². The number of carbonyl (C=O) groups is 3. The highest BCUT2D eigenvalue weighted by Gasteiger charge is 2.76. The van der Waals surface area contributed by atoms with Crippen molar-refractivity contribution in [3.05, 3.63) is 133 Å². The lowest BCUT2D eigenvalue weighted by Crippen LogP contribution is -2.56. The van der Waals surface area contributed by atoms with Crippen molar-refractivity contribution in [1.29, 1.82) is 0 Å². The maximum absolute atomic E-state index is 15.0. The standard InChI is InChI=1S/C38H40BrN3O4S/c1-3-20-40(23-26-14-8-5-9-15-26)35(44)31-32-36(45)42(30(25-43)28-18-12-7-13-19-28)34(38(32)22-29(39)33(31)47-38)37(46)41(21-4-2)24-27-16-10-6-11-17-27/h3-19,29-34,43H,1-2,20-25H2/t29?,30-,31-,32+,33-,34?,38?/m1/s1. The molecule has 3 saturated heterocycles. The Labute approximate surface area is 289 Å². The first-order chi connectivity index (χ1) is 22.8. The molecule has 0 saturated carbocycles. The Bertz CT molecular complexity index is 1610. The predicted molar refractivity (Wildman–Crippen MR) is 189 cm³/mol. The van der Waals surface area contributed by atoms with Gasteiger partial charge in [-0.2, -0.15) is 0 Å². The minimum Gasteiger partial charge on any atom is -0.394 e. The molecule has 3 fully saturated rings. The number of aliphatic hydroxyl groups is 1. The molecule has 47 heavy (non-hydrogen) atoms. The van der Waals surface area contributed by atoms with E-state index in [-0.39, 0.29) is 34.4 Å². The van der Waals surface area contributed by atoms with Gasteiger partial charge in [-0.1, -0.05) is 119 Å². The number of benzene rings is 3. The van der Waals surface area contributed by atoms with Gasteiger partial charge < -0.3 is 19.8 Å². The number of aliphatic hydroxyl groups excluding tert-OH is 1. The van der Waals surface area contributed by atoms with Crippen LogP contribution in [0, 0.1) is 11.8 Å². The normalized spacial score (nSPS) is 26.5. The number of fused-ring (bicyclic) bond motifs is 1. The molecule has 0 aromatic heterocycles. The minimum atomic E-state index is -0.893. The van der Waals surface area contributed by atoms with Crippen LogP contribution in [0.2, 0.25) is 0 Å². The topological polar surface area (TPSA) is 81.2 Å². The summed E-state index contributed by atoms with van der Waals surface area (Å²) in [7, 11) is 0. The van der Waals surface area contributed by atoms with Gasteiger partial charge in [-0.15, -0.1) is 24.9 Å². The molecule has 3 aromatic carbocycles. The molecule has 7 nitrogen and oxygen atoms in total. The van der Waals surface area contributed by atoms with Crippen LogP contribution < -0.4 is 0 Å². The number of alkyl halides is 1. The Morgan fingerprint density at radius 3 is 1.91 bits per heavy atom. The van der Waals surface area contributed by atoms with Crippen LogP contribution in [0.15, 0.2) is 116 Å². The largest absolute Gasteiger partial charge is 0.394 e. The molecule has 3 aliphatic heterocycles. The first-order valence-corrected chi connectivity index (χ1v) is 17.8. The van der Waals surface area contributed by atoms with E-state index < -0.39 is 28.7 Å². The van der Waals surface area contributed by atoms with E-state index in [4.69, 9.17) is 0 Å². The molecule has 6 rings (SSSR count). The minimum absolute atomic E-state index is 0.0747. The van der Waals surface area contributed by atoms with E-state index >= 15 is 0 Å². The van der Waals surface area contributed by atoms with Gasteiger partial charge >= 0.3 is 0 Å². The quantitative estimate of drug-likeness (QED) is 0.184. The second-order valence-corrected chi connectivity index (χ2v) is 15.2. The lowest BCUT2D eigenvalue weighted by molar-refractivity contribution is -0.147. The molecule has 1 spiro atoms. The Morgan fingerprint density at radius 1 is 0.894 bits per heavy atom. The van der Waals surface area contributed by atoms with Crippen molar-refractivity contribution >= 4 is 45.4 Å². The van der Waals surface area contributed by atoms with Crippen molar-refractivity contribution in [1.82, 2.24) is 14.7 Å². The average molecular weight is 715 g/mol. The SMILES string of the molecule is C=CCN(Cc1ccccc1)C(=O)C1N([C@H](CO)c2ccccc2)C(=O)[C@@H]2[C@@H](C(=O)N(CC=C)Cc3ccccc3)[C@@H]3SC12CC3Br. The number of rotatable bonds is 13. The molecule has 7 atom stereocenters. The van der Waals surface area contributed by atoms with Crippen LogP contribution in [-0.2, 0) is 27.5 Å². The Kier molecular flexibility index (Phi) is 10.1. The maximum atomic E-state index is 15.0. The van der Waals surface area contributed by atoms with Crippen molar-refractivity contribution in [2.24, 2.45) is 11.8 Å². The molecule has 3 aliphatic rings. The van der Waals surface area contributed by atoms with Crippen LogP contribution in [0.3, 0.4) is 0 Å². The van der Waals surface area contributed by atoms with Gasteiger partial charge in [0.05, 0.1) is 29.2 Å². The Hall–Kier alpha value is -3.66. The molecule has 3 heterocycles. The van der Waals surface area contributed by atoms with Crippen LogP contribution in [-0.4, -0.2) is 78.1 Å². The van der Waals surface area contributed by atoms with Gasteiger partial charge in [0.15, 0.2) is 0 Å². The smallest absolute Gasteiger partial charge is 0.247 e. The first kappa shape index (κ1) is 33.2. The van der Waals surface area contributed by atoms with E-state index in [0.29, 0.717) is 32.6 Å².